The van der Waals surface area contributed by atoms with Crippen LogP contribution < -0.4 is 10.1 Å². The molecule has 4 heteroatoms. The highest BCUT2D eigenvalue weighted by molar-refractivity contribution is 5.97. The van der Waals surface area contributed by atoms with Crippen LogP contribution in [0.15, 0.2) is 48.5 Å². The zero-order valence-corrected chi connectivity index (χ0v) is 15.5. The van der Waals surface area contributed by atoms with Crippen LogP contribution in [0, 0.1) is 6.92 Å². The molecule has 0 aliphatic rings. The van der Waals surface area contributed by atoms with Crippen molar-refractivity contribution in [1.29, 1.82) is 0 Å². The number of hydrogen-bond acceptors (Lipinski definition) is 3. The molecular weight excluding hydrogens is 314 g/mol. The molecule has 1 atom stereocenters. The molecule has 0 aliphatic carbocycles. The Kier molecular flexibility index (Phi) is 6.59. The van der Waals surface area contributed by atoms with Crippen molar-refractivity contribution in [2.45, 2.75) is 46.3 Å². The van der Waals surface area contributed by atoms with E-state index in [-0.39, 0.29) is 5.91 Å². The van der Waals surface area contributed by atoms with Crippen molar-refractivity contribution in [3.63, 3.8) is 0 Å². The van der Waals surface area contributed by atoms with Crippen LogP contribution >= 0.6 is 0 Å². The third-order valence-electron chi connectivity index (χ3n) is 4.29. The predicted molar refractivity (Wildman–Crippen MR) is 101 cm³/mol. The highest BCUT2D eigenvalue weighted by Gasteiger charge is 2.31. The third kappa shape index (κ3) is 5.07. The van der Waals surface area contributed by atoms with Crippen molar-refractivity contribution in [3.05, 3.63) is 59.7 Å². The minimum atomic E-state index is -0.814. The molecule has 0 heterocycles. The minimum Gasteiger partial charge on any atom is -0.489 e. The van der Waals surface area contributed by atoms with E-state index in [2.05, 4.69) is 5.32 Å². The number of amides is 1. The van der Waals surface area contributed by atoms with Crippen molar-refractivity contribution < 1.29 is 14.3 Å². The molecule has 0 aromatic heterocycles. The van der Waals surface area contributed by atoms with Crippen LogP contribution in [-0.4, -0.2) is 18.1 Å². The van der Waals surface area contributed by atoms with Gasteiger partial charge in [-0.05, 0) is 56.5 Å². The first-order valence-electron chi connectivity index (χ1n) is 8.71. The molecule has 1 N–H and O–H groups in total. The highest BCUT2D eigenvalue weighted by Crippen LogP contribution is 2.25. The first kappa shape index (κ1) is 19.0. The van der Waals surface area contributed by atoms with Gasteiger partial charge in [-0.3, -0.25) is 4.79 Å². The van der Waals surface area contributed by atoms with Crippen LogP contribution in [0.1, 0.15) is 38.3 Å². The van der Waals surface area contributed by atoms with Crippen LogP contribution in [-0.2, 0) is 16.1 Å². The molecule has 0 saturated carbocycles. The number of carbonyl (C=O) groups excluding carboxylic acids is 1. The molecule has 1 amide bonds. The molecule has 0 unspecified atom stereocenters. The van der Waals surface area contributed by atoms with E-state index in [0.29, 0.717) is 19.6 Å². The Morgan fingerprint density at radius 2 is 1.84 bits per heavy atom. The maximum absolute atomic E-state index is 12.5. The van der Waals surface area contributed by atoms with Crippen molar-refractivity contribution >= 4 is 11.6 Å². The van der Waals surface area contributed by atoms with Crippen molar-refractivity contribution in [3.8, 4) is 5.75 Å². The lowest BCUT2D eigenvalue weighted by atomic mass is 10.0. The highest BCUT2D eigenvalue weighted by atomic mass is 16.5. The number of rotatable bonds is 8. The number of anilines is 1. The summed E-state index contributed by atoms with van der Waals surface area (Å²) in [5, 5.41) is 2.94. The summed E-state index contributed by atoms with van der Waals surface area (Å²) in [5.74, 6) is 0.680. The van der Waals surface area contributed by atoms with Gasteiger partial charge in [0.25, 0.3) is 5.91 Å². The van der Waals surface area contributed by atoms with Gasteiger partial charge in [0.1, 0.15) is 18.0 Å². The zero-order valence-electron chi connectivity index (χ0n) is 15.5. The second-order valence-electron chi connectivity index (χ2n) is 6.23. The van der Waals surface area contributed by atoms with Gasteiger partial charge in [-0.25, -0.2) is 0 Å². The Morgan fingerprint density at radius 1 is 1.12 bits per heavy atom. The quantitative estimate of drug-likeness (QED) is 0.756. The maximum atomic E-state index is 12.5. The Hall–Kier alpha value is -2.33. The number of hydrogen-bond donors (Lipinski definition) is 1. The number of benzene rings is 2. The molecule has 2 rings (SSSR count). The molecule has 2 aromatic carbocycles. The van der Waals surface area contributed by atoms with Gasteiger partial charge in [0, 0.05) is 12.3 Å². The summed E-state index contributed by atoms with van der Waals surface area (Å²) in [6.07, 6.45) is 0.615. The summed E-state index contributed by atoms with van der Waals surface area (Å²) in [6.45, 7) is 8.65. The second-order valence-corrected chi connectivity index (χ2v) is 6.23. The van der Waals surface area contributed by atoms with E-state index in [4.69, 9.17) is 9.47 Å². The summed E-state index contributed by atoms with van der Waals surface area (Å²) in [5.41, 5.74) is 2.03. The number of nitrogens with one attached hydrogen (secondary N) is 1. The first-order chi connectivity index (χ1) is 12.0. The summed E-state index contributed by atoms with van der Waals surface area (Å²) < 4.78 is 11.5. The van der Waals surface area contributed by atoms with Gasteiger partial charge in [-0.1, -0.05) is 37.3 Å². The molecule has 25 heavy (non-hydrogen) atoms. The summed E-state index contributed by atoms with van der Waals surface area (Å²) in [7, 11) is 0. The zero-order chi connectivity index (χ0) is 18.3. The Labute approximate surface area is 150 Å². The molecule has 2 aromatic rings. The fourth-order valence-electron chi connectivity index (χ4n) is 2.53. The molecule has 0 bridgehead atoms. The van der Waals surface area contributed by atoms with Crippen LogP contribution in [0.25, 0.3) is 0 Å². The molecule has 0 aliphatic heterocycles. The minimum absolute atomic E-state index is 0.130. The fraction of sp³-hybridized carbons (Fsp3) is 0.381. The lowest BCUT2D eigenvalue weighted by Gasteiger charge is -2.26. The van der Waals surface area contributed by atoms with E-state index >= 15 is 0 Å². The molecule has 134 valence electrons. The molecule has 0 saturated heterocycles. The third-order valence-corrected chi connectivity index (χ3v) is 4.29. The topological polar surface area (TPSA) is 47.6 Å². The fourth-order valence-corrected chi connectivity index (χ4v) is 2.53. The van der Waals surface area contributed by atoms with Crippen LogP contribution in [0.5, 0.6) is 5.75 Å². The maximum Gasteiger partial charge on any atom is 0.256 e. The number of ether oxygens (including phenoxy) is 2. The van der Waals surface area contributed by atoms with Gasteiger partial charge in [-0.15, -0.1) is 0 Å². The molecular formula is C21H27NO3. The molecule has 4 nitrogen and oxygen atoms in total. The van der Waals surface area contributed by atoms with Gasteiger partial charge < -0.3 is 14.8 Å². The lowest BCUT2D eigenvalue weighted by Crippen LogP contribution is -2.42. The van der Waals surface area contributed by atoms with E-state index in [1.165, 1.54) is 0 Å². The van der Waals surface area contributed by atoms with Crippen molar-refractivity contribution in [2.24, 2.45) is 0 Å². The smallest absolute Gasteiger partial charge is 0.256 e. The van der Waals surface area contributed by atoms with E-state index in [1.54, 1.807) is 0 Å². The number of aryl methyl sites for hydroxylation is 1. The largest absolute Gasteiger partial charge is 0.489 e. The summed E-state index contributed by atoms with van der Waals surface area (Å²) >= 11 is 0. The van der Waals surface area contributed by atoms with Gasteiger partial charge in [0.15, 0.2) is 0 Å². The van der Waals surface area contributed by atoms with Gasteiger partial charge in [0.05, 0.1) is 0 Å². The molecule has 0 radical (unpaired) electrons. The second kappa shape index (κ2) is 8.67. The van der Waals surface area contributed by atoms with Crippen LogP contribution in [0.2, 0.25) is 0 Å². The van der Waals surface area contributed by atoms with E-state index in [1.807, 2.05) is 76.2 Å². The standard InChI is InChI=1S/C21H27NO3/c1-5-21(4,25-6-2)20(23)22-18-12-13-19(16(3)14-18)24-15-17-10-8-7-9-11-17/h7-14H,5-6,15H2,1-4H3,(H,22,23)/t21-/m1/s1. The SMILES string of the molecule is CCO[C@](C)(CC)C(=O)Nc1ccc(OCc2ccccc2)c(C)c1. The Bertz CT molecular complexity index is 700. The van der Waals surface area contributed by atoms with E-state index in [0.717, 1.165) is 22.6 Å². The van der Waals surface area contributed by atoms with Gasteiger partial charge in [0.2, 0.25) is 0 Å². The predicted octanol–water partition coefficient (Wildman–Crippen LogP) is 4.72. The van der Waals surface area contributed by atoms with Gasteiger partial charge in [-0.2, -0.15) is 0 Å². The first-order valence-corrected chi connectivity index (χ1v) is 8.71. The molecule has 0 spiro atoms. The van der Waals surface area contributed by atoms with Crippen molar-refractivity contribution in [2.75, 3.05) is 11.9 Å². The average molecular weight is 341 g/mol. The monoisotopic (exact) mass is 341 g/mol. The average Bonchev–Trinajstić information content (AvgIpc) is 2.62. The van der Waals surface area contributed by atoms with E-state index in [9.17, 15) is 4.79 Å². The lowest BCUT2D eigenvalue weighted by molar-refractivity contribution is -0.139. The Balaban J connectivity index is 2.02. The summed E-state index contributed by atoms with van der Waals surface area (Å²) in [4.78, 5) is 12.5. The Morgan fingerprint density at radius 3 is 2.44 bits per heavy atom. The van der Waals surface area contributed by atoms with Crippen LogP contribution in [0.3, 0.4) is 0 Å². The van der Waals surface area contributed by atoms with Gasteiger partial charge >= 0.3 is 0 Å². The van der Waals surface area contributed by atoms with E-state index < -0.39 is 5.60 Å². The molecule has 0 fully saturated rings. The summed E-state index contributed by atoms with van der Waals surface area (Å²) in [6, 6.07) is 15.7. The normalized spacial score (nSPS) is 13.1. The number of carbonyl (C=O) groups is 1. The van der Waals surface area contributed by atoms with Crippen LogP contribution in [0.4, 0.5) is 5.69 Å². The van der Waals surface area contributed by atoms with Crippen molar-refractivity contribution in [1.82, 2.24) is 0 Å².